The van der Waals surface area contributed by atoms with Crippen LogP contribution in [0.1, 0.15) is 37.3 Å². The highest BCUT2D eigenvalue weighted by molar-refractivity contribution is 5.90. The Morgan fingerprint density at radius 1 is 1.35 bits per heavy atom. The molecule has 2 aromatic rings. The number of fused-ring (bicyclic) bond motifs is 1. The summed E-state index contributed by atoms with van der Waals surface area (Å²) >= 11 is 0. The predicted octanol–water partition coefficient (Wildman–Crippen LogP) is 2.61. The van der Waals surface area contributed by atoms with Crippen LogP contribution in [0.4, 0.5) is 5.82 Å². The van der Waals surface area contributed by atoms with Gasteiger partial charge in [0, 0.05) is 35.4 Å². The normalized spacial score (nSPS) is 16.4. The molecule has 1 fully saturated rings. The first kappa shape index (κ1) is 10.2. The summed E-state index contributed by atoms with van der Waals surface area (Å²) in [7, 11) is 0. The van der Waals surface area contributed by atoms with Crippen LogP contribution in [0.25, 0.3) is 10.8 Å². The van der Waals surface area contributed by atoms with Crippen LogP contribution < -0.4 is 5.73 Å². The van der Waals surface area contributed by atoms with Crippen LogP contribution in [-0.2, 0) is 0 Å². The van der Waals surface area contributed by atoms with Gasteiger partial charge in [0.1, 0.15) is 17.5 Å². The van der Waals surface area contributed by atoms with Crippen molar-refractivity contribution in [1.82, 2.24) is 9.55 Å². The number of nitriles is 1. The second kappa shape index (κ2) is 3.77. The molecule has 0 aliphatic heterocycles. The average Bonchev–Trinajstić information content (AvgIpc) is 2.97. The summed E-state index contributed by atoms with van der Waals surface area (Å²) in [5.74, 6) is 0.323. The third-order valence-electron chi connectivity index (χ3n) is 3.60. The number of aromatic nitrogens is 2. The highest BCUT2D eigenvalue weighted by Gasteiger charge is 2.18. The molecule has 1 aliphatic rings. The molecular weight excluding hydrogens is 212 g/mol. The van der Waals surface area contributed by atoms with Crippen molar-refractivity contribution < 1.29 is 0 Å². The minimum absolute atomic E-state index is 0.323. The number of nitrogens with two attached hydrogens (primary N) is 1. The van der Waals surface area contributed by atoms with Gasteiger partial charge < -0.3 is 10.3 Å². The number of anilines is 1. The Kier molecular flexibility index (Phi) is 2.25. The van der Waals surface area contributed by atoms with E-state index < -0.39 is 0 Å². The molecule has 17 heavy (non-hydrogen) atoms. The van der Waals surface area contributed by atoms with Crippen LogP contribution in [0, 0.1) is 11.3 Å². The Labute approximate surface area is 99.7 Å². The summed E-state index contributed by atoms with van der Waals surface area (Å²) in [5, 5.41) is 11.0. The molecule has 0 amide bonds. The Balaban J connectivity index is 2.15. The van der Waals surface area contributed by atoms with Gasteiger partial charge in [0.15, 0.2) is 0 Å². The van der Waals surface area contributed by atoms with Gasteiger partial charge in [0.2, 0.25) is 0 Å². The first-order valence-electron chi connectivity index (χ1n) is 5.95. The van der Waals surface area contributed by atoms with Crippen molar-refractivity contribution in [3.63, 3.8) is 0 Å². The summed E-state index contributed by atoms with van der Waals surface area (Å²) in [6.07, 6.45) is 10.9. The third kappa shape index (κ3) is 1.55. The molecule has 2 N–H and O–H groups in total. The van der Waals surface area contributed by atoms with E-state index in [4.69, 9.17) is 11.0 Å². The van der Waals surface area contributed by atoms with Crippen molar-refractivity contribution in [2.24, 2.45) is 0 Å². The van der Waals surface area contributed by atoms with Crippen LogP contribution in [0.2, 0.25) is 0 Å². The first-order valence-corrected chi connectivity index (χ1v) is 5.95. The monoisotopic (exact) mass is 226 g/mol. The molecule has 0 unspecified atom stereocenters. The maximum Gasteiger partial charge on any atom is 0.142 e. The number of nitrogens with zero attached hydrogens (tertiary/aromatic N) is 3. The van der Waals surface area contributed by atoms with Gasteiger partial charge in [-0.05, 0) is 12.8 Å². The molecule has 2 heterocycles. The zero-order chi connectivity index (χ0) is 11.8. The molecule has 1 saturated carbocycles. The molecule has 1 aliphatic carbocycles. The van der Waals surface area contributed by atoms with E-state index in [1.807, 2.05) is 6.20 Å². The second-order valence-corrected chi connectivity index (χ2v) is 4.64. The molecule has 0 atom stereocenters. The van der Waals surface area contributed by atoms with E-state index in [2.05, 4.69) is 21.8 Å². The fourth-order valence-corrected chi connectivity index (χ4v) is 2.68. The molecular formula is C13H14N4. The van der Waals surface area contributed by atoms with Crippen molar-refractivity contribution >= 4 is 16.6 Å². The number of nitrogen functional groups attached to an aromatic ring is 1. The standard InChI is InChI=1S/C13H14N4/c14-5-11-12-8-17(10-3-1-2-4-10)7-9(12)6-16-13(11)15/h6-8,10H,1-4,15H2. The SMILES string of the molecule is N#Cc1c(N)ncc2cn(C3CCCC3)cc12. The van der Waals surface area contributed by atoms with Crippen molar-refractivity contribution in [2.75, 3.05) is 5.73 Å². The van der Waals surface area contributed by atoms with Crippen LogP contribution >= 0.6 is 0 Å². The van der Waals surface area contributed by atoms with Gasteiger partial charge in [-0.1, -0.05) is 12.8 Å². The summed E-state index contributed by atoms with van der Waals surface area (Å²) in [5.41, 5.74) is 6.22. The van der Waals surface area contributed by atoms with E-state index >= 15 is 0 Å². The molecule has 0 spiro atoms. The Morgan fingerprint density at radius 2 is 2.12 bits per heavy atom. The van der Waals surface area contributed by atoms with Crippen molar-refractivity contribution in [3.05, 3.63) is 24.2 Å². The predicted molar refractivity (Wildman–Crippen MR) is 66.4 cm³/mol. The average molecular weight is 226 g/mol. The molecule has 0 radical (unpaired) electrons. The number of pyridine rings is 1. The highest BCUT2D eigenvalue weighted by atomic mass is 15.0. The lowest BCUT2D eigenvalue weighted by Gasteiger charge is -2.10. The molecule has 4 nitrogen and oxygen atoms in total. The quantitative estimate of drug-likeness (QED) is 0.812. The molecule has 0 saturated heterocycles. The lowest BCUT2D eigenvalue weighted by Crippen LogP contribution is -2.00. The zero-order valence-corrected chi connectivity index (χ0v) is 9.56. The third-order valence-corrected chi connectivity index (χ3v) is 3.60. The van der Waals surface area contributed by atoms with Crippen LogP contribution in [-0.4, -0.2) is 9.55 Å². The summed E-state index contributed by atoms with van der Waals surface area (Å²) in [4.78, 5) is 4.06. The minimum Gasteiger partial charge on any atom is -0.383 e. The maximum absolute atomic E-state index is 9.11. The van der Waals surface area contributed by atoms with Crippen LogP contribution in [0.15, 0.2) is 18.6 Å². The lowest BCUT2D eigenvalue weighted by molar-refractivity contribution is 0.522. The fourth-order valence-electron chi connectivity index (χ4n) is 2.68. The summed E-state index contributed by atoms with van der Waals surface area (Å²) in [6, 6.07) is 2.72. The van der Waals surface area contributed by atoms with E-state index in [1.54, 1.807) is 6.20 Å². The topological polar surface area (TPSA) is 67.6 Å². The first-order chi connectivity index (χ1) is 8.29. The van der Waals surface area contributed by atoms with E-state index in [-0.39, 0.29) is 0 Å². The maximum atomic E-state index is 9.11. The zero-order valence-electron chi connectivity index (χ0n) is 9.56. The molecule has 0 aromatic carbocycles. The summed E-state index contributed by atoms with van der Waals surface area (Å²) in [6.45, 7) is 0. The number of hydrogen-bond donors (Lipinski definition) is 1. The Bertz CT molecular complexity index is 600. The van der Waals surface area contributed by atoms with E-state index in [0.717, 1.165) is 10.8 Å². The van der Waals surface area contributed by atoms with E-state index in [9.17, 15) is 0 Å². The van der Waals surface area contributed by atoms with Gasteiger partial charge in [-0.25, -0.2) is 4.98 Å². The van der Waals surface area contributed by atoms with Gasteiger partial charge in [-0.2, -0.15) is 5.26 Å². The lowest BCUT2D eigenvalue weighted by atomic mass is 10.2. The molecule has 0 bridgehead atoms. The van der Waals surface area contributed by atoms with Gasteiger partial charge in [-0.3, -0.25) is 0 Å². The molecule has 86 valence electrons. The molecule has 3 rings (SSSR count). The summed E-state index contributed by atoms with van der Waals surface area (Å²) < 4.78 is 2.22. The Morgan fingerprint density at radius 3 is 2.82 bits per heavy atom. The van der Waals surface area contributed by atoms with Gasteiger partial charge in [0.25, 0.3) is 0 Å². The smallest absolute Gasteiger partial charge is 0.142 e. The van der Waals surface area contributed by atoms with Crippen LogP contribution in [0.5, 0.6) is 0 Å². The number of hydrogen-bond acceptors (Lipinski definition) is 3. The highest BCUT2D eigenvalue weighted by Crippen LogP contribution is 2.32. The minimum atomic E-state index is 0.323. The van der Waals surface area contributed by atoms with Crippen molar-refractivity contribution in [1.29, 1.82) is 5.26 Å². The largest absolute Gasteiger partial charge is 0.383 e. The van der Waals surface area contributed by atoms with E-state index in [0.29, 0.717) is 17.4 Å². The van der Waals surface area contributed by atoms with Crippen LogP contribution in [0.3, 0.4) is 0 Å². The fraction of sp³-hybridized carbons (Fsp3) is 0.385. The van der Waals surface area contributed by atoms with Gasteiger partial charge in [-0.15, -0.1) is 0 Å². The van der Waals surface area contributed by atoms with Gasteiger partial charge in [0.05, 0.1) is 0 Å². The van der Waals surface area contributed by atoms with Crippen molar-refractivity contribution in [2.45, 2.75) is 31.7 Å². The van der Waals surface area contributed by atoms with Crippen molar-refractivity contribution in [3.8, 4) is 6.07 Å². The molecule has 4 heteroatoms. The number of rotatable bonds is 1. The Hall–Kier alpha value is -2.02. The van der Waals surface area contributed by atoms with E-state index in [1.165, 1.54) is 25.7 Å². The molecule has 2 aromatic heterocycles. The van der Waals surface area contributed by atoms with Gasteiger partial charge >= 0.3 is 0 Å². The second-order valence-electron chi connectivity index (χ2n) is 4.64.